The second-order valence-corrected chi connectivity index (χ2v) is 11.9. The fourth-order valence-electron chi connectivity index (χ4n) is 3.83. The molecule has 2 N–H and O–H groups in total. The molecule has 0 unspecified atom stereocenters. The highest BCUT2D eigenvalue weighted by atomic mass is 31.2. The van der Waals surface area contributed by atoms with Crippen molar-refractivity contribution >= 4 is 29.9 Å². The summed E-state index contributed by atoms with van der Waals surface area (Å²) in [6.07, 6.45) is -2.96. The average molecular weight is 565 g/mol. The van der Waals surface area contributed by atoms with Crippen LogP contribution in [0.4, 0.5) is 33.5 Å². The quantitative estimate of drug-likeness (QED) is 0.246. The monoisotopic (exact) mass is 565 g/mol. The minimum absolute atomic E-state index is 0.0231. The van der Waals surface area contributed by atoms with Gasteiger partial charge in [0, 0.05) is 31.1 Å². The molecule has 0 fully saturated rings. The molecule has 0 saturated carbocycles. The summed E-state index contributed by atoms with van der Waals surface area (Å²) in [4.78, 5) is 17.8. The van der Waals surface area contributed by atoms with Gasteiger partial charge in [-0.2, -0.15) is 18.3 Å². The predicted octanol–water partition coefficient (Wildman–Crippen LogP) is 5.46. The molecular formula is C25H21F5N5O3P. The van der Waals surface area contributed by atoms with Crippen LogP contribution >= 0.6 is 7.14 Å². The van der Waals surface area contributed by atoms with E-state index in [1.54, 1.807) is 0 Å². The molecule has 0 atom stereocenters. The van der Waals surface area contributed by atoms with E-state index < -0.39 is 42.1 Å². The number of hydrogen-bond acceptors (Lipinski definition) is 6. The van der Waals surface area contributed by atoms with Crippen LogP contribution in [0.2, 0.25) is 0 Å². The van der Waals surface area contributed by atoms with E-state index in [0.29, 0.717) is 4.68 Å². The molecule has 2 aromatic carbocycles. The summed E-state index contributed by atoms with van der Waals surface area (Å²) >= 11 is 0. The van der Waals surface area contributed by atoms with Crippen molar-refractivity contribution in [2.45, 2.75) is 6.18 Å². The average Bonchev–Trinajstić information content (AvgIpc) is 3.30. The number of rotatable bonds is 6. The molecule has 0 aliphatic heterocycles. The Labute approximate surface area is 219 Å². The Morgan fingerprint density at radius 1 is 1.05 bits per heavy atom. The lowest BCUT2D eigenvalue weighted by Gasteiger charge is -2.20. The molecule has 0 radical (unpaired) electrons. The van der Waals surface area contributed by atoms with Gasteiger partial charge in [0.1, 0.15) is 24.5 Å². The maximum atomic E-state index is 15.0. The minimum atomic E-state index is -5.00. The Morgan fingerprint density at radius 2 is 1.72 bits per heavy atom. The molecule has 0 spiro atoms. The summed E-state index contributed by atoms with van der Waals surface area (Å²) < 4.78 is 89.0. The fourth-order valence-corrected chi connectivity index (χ4v) is 5.09. The number of pyridine rings is 1. The summed E-state index contributed by atoms with van der Waals surface area (Å²) in [6.45, 7) is 2.89. The summed E-state index contributed by atoms with van der Waals surface area (Å²) in [5.41, 5.74) is 3.46. The van der Waals surface area contributed by atoms with Crippen LogP contribution < -0.4 is 20.7 Å². The molecule has 4 rings (SSSR count). The van der Waals surface area contributed by atoms with Crippen molar-refractivity contribution in [1.82, 2.24) is 14.8 Å². The van der Waals surface area contributed by atoms with E-state index in [0.717, 1.165) is 47.5 Å². The Bertz CT molecular complexity index is 1600. The highest BCUT2D eigenvalue weighted by Crippen LogP contribution is 2.42. The van der Waals surface area contributed by atoms with Gasteiger partial charge in [0.2, 0.25) is 0 Å². The van der Waals surface area contributed by atoms with Crippen LogP contribution in [0.3, 0.4) is 0 Å². The van der Waals surface area contributed by atoms with Gasteiger partial charge < -0.3 is 19.9 Å². The second-order valence-electron chi connectivity index (χ2n) is 8.77. The van der Waals surface area contributed by atoms with E-state index in [2.05, 4.69) is 10.1 Å². The highest BCUT2D eigenvalue weighted by Gasteiger charge is 2.41. The maximum Gasteiger partial charge on any atom is 0.434 e. The summed E-state index contributed by atoms with van der Waals surface area (Å²) in [5.74, 6) is -3.05. The molecule has 0 aliphatic rings. The molecule has 2 heterocycles. The topological polar surface area (TPSA) is 103 Å². The first-order valence-corrected chi connectivity index (χ1v) is 13.7. The lowest BCUT2D eigenvalue weighted by molar-refractivity contribution is -0.143. The van der Waals surface area contributed by atoms with Gasteiger partial charge in [-0.05, 0) is 49.7 Å². The Morgan fingerprint density at radius 3 is 2.31 bits per heavy atom. The van der Waals surface area contributed by atoms with Crippen LogP contribution in [0.25, 0.3) is 5.69 Å². The predicted molar refractivity (Wildman–Crippen MR) is 135 cm³/mol. The van der Waals surface area contributed by atoms with E-state index in [4.69, 9.17) is 10.5 Å². The number of nitrogens with two attached hydrogens (primary N) is 1. The molecule has 204 valence electrons. The largest absolute Gasteiger partial charge is 0.453 e. The van der Waals surface area contributed by atoms with E-state index in [1.165, 1.54) is 38.7 Å². The van der Waals surface area contributed by atoms with E-state index in [-0.39, 0.29) is 34.0 Å². The number of amides is 1. The van der Waals surface area contributed by atoms with Gasteiger partial charge in [-0.15, -0.1) is 0 Å². The number of ether oxygens (including phenoxy) is 1. The number of alkyl halides is 3. The third-order valence-electron chi connectivity index (χ3n) is 5.62. The van der Waals surface area contributed by atoms with E-state index in [1.807, 2.05) is 0 Å². The molecule has 0 bridgehead atoms. The number of halogens is 5. The third kappa shape index (κ3) is 5.63. The van der Waals surface area contributed by atoms with Gasteiger partial charge in [0.25, 0.3) is 5.91 Å². The first kappa shape index (κ1) is 27.8. The van der Waals surface area contributed by atoms with Crippen LogP contribution in [0.15, 0.2) is 60.9 Å². The second kappa shape index (κ2) is 10.1. The minimum Gasteiger partial charge on any atom is -0.453 e. The van der Waals surface area contributed by atoms with Crippen molar-refractivity contribution < 1.29 is 36.0 Å². The number of carbonyl (C=O) groups excluding carboxylic acids is 1. The lowest BCUT2D eigenvalue weighted by Crippen LogP contribution is -2.29. The molecule has 8 nitrogen and oxygen atoms in total. The highest BCUT2D eigenvalue weighted by molar-refractivity contribution is 7.70. The van der Waals surface area contributed by atoms with Gasteiger partial charge >= 0.3 is 6.18 Å². The van der Waals surface area contributed by atoms with Crippen LogP contribution in [-0.2, 0) is 10.7 Å². The van der Waals surface area contributed by atoms with Crippen molar-refractivity contribution in [3.8, 4) is 17.2 Å². The number of hydrogen-bond donors (Lipinski definition) is 1. The van der Waals surface area contributed by atoms with Crippen LogP contribution in [0.5, 0.6) is 11.5 Å². The number of benzene rings is 2. The zero-order valence-electron chi connectivity index (χ0n) is 20.7. The Kier molecular flexibility index (Phi) is 7.22. The summed E-state index contributed by atoms with van der Waals surface area (Å²) in [5, 5.41) is 3.81. The van der Waals surface area contributed by atoms with E-state index in [9.17, 15) is 26.9 Å². The van der Waals surface area contributed by atoms with Crippen molar-refractivity contribution in [3.63, 3.8) is 0 Å². The van der Waals surface area contributed by atoms with Crippen LogP contribution in [0, 0.1) is 11.6 Å². The smallest absolute Gasteiger partial charge is 0.434 e. The Balaban J connectivity index is 1.66. The standard InChI is InChI=1S/C25H21F5N5O3P/c1-34(24(36)17-13-33-35(22(17)25(28,29)30)15-6-4-14(26)5-7-15)16-8-9-19(18(27)12-16)38-20-10-11-32-23(31)21(20)39(2,3)37/h4-13H,1-3H3,(H2,31,32). The van der Waals surface area contributed by atoms with Crippen molar-refractivity contribution in [2.75, 3.05) is 31.0 Å². The normalized spacial score (nSPS) is 11.9. The maximum absolute atomic E-state index is 15.0. The molecule has 39 heavy (non-hydrogen) atoms. The van der Waals surface area contributed by atoms with Gasteiger partial charge in [-0.1, -0.05) is 0 Å². The van der Waals surface area contributed by atoms with Crippen molar-refractivity contribution in [1.29, 1.82) is 0 Å². The van der Waals surface area contributed by atoms with Gasteiger partial charge in [0.05, 0.1) is 22.8 Å². The number of nitrogens with zero attached hydrogens (tertiary/aromatic N) is 4. The first-order valence-electron chi connectivity index (χ1n) is 11.1. The number of carbonyl (C=O) groups is 1. The zero-order chi connectivity index (χ0) is 28.7. The number of anilines is 2. The van der Waals surface area contributed by atoms with Gasteiger partial charge in [-0.25, -0.2) is 18.4 Å². The molecule has 2 aromatic heterocycles. The molecule has 0 aliphatic carbocycles. The molecule has 4 aromatic rings. The molecule has 1 amide bonds. The SMILES string of the molecule is CN(C(=O)c1cnn(-c2ccc(F)cc2)c1C(F)(F)F)c1ccc(Oc2ccnc(N)c2P(C)(C)=O)c(F)c1. The molecule has 14 heteroatoms. The number of nitrogen functional groups attached to an aromatic ring is 1. The Hall–Kier alpha value is -4.25. The fraction of sp³-hybridized carbons (Fsp3) is 0.160. The van der Waals surface area contributed by atoms with E-state index >= 15 is 4.39 Å². The van der Waals surface area contributed by atoms with Crippen LogP contribution in [0.1, 0.15) is 16.1 Å². The van der Waals surface area contributed by atoms with Crippen molar-refractivity contribution in [3.05, 3.63) is 83.8 Å². The zero-order valence-corrected chi connectivity index (χ0v) is 21.6. The summed E-state index contributed by atoms with van der Waals surface area (Å²) in [6, 6.07) is 8.77. The summed E-state index contributed by atoms with van der Waals surface area (Å²) in [7, 11) is -1.80. The number of aromatic nitrogens is 3. The third-order valence-corrected chi connectivity index (χ3v) is 7.15. The van der Waals surface area contributed by atoms with Crippen LogP contribution in [-0.4, -0.2) is 41.0 Å². The van der Waals surface area contributed by atoms with Gasteiger partial charge in [-0.3, -0.25) is 4.79 Å². The molecule has 0 saturated heterocycles. The lowest BCUT2D eigenvalue weighted by atomic mass is 10.2. The molecular weight excluding hydrogens is 544 g/mol. The first-order chi connectivity index (χ1) is 18.2. The van der Waals surface area contributed by atoms with Crippen molar-refractivity contribution in [2.24, 2.45) is 0 Å². The van der Waals surface area contributed by atoms with Gasteiger partial charge in [0.15, 0.2) is 17.3 Å².